The molecule has 1 aromatic carbocycles. The van der Waals surface area contributed by atoms with Crippen LogP contribution >= 0.6 is 0 Å². The summed E-state index contributed by atoms with van der Waals surface area (Å²) in [5, 5.41) is 8.84. The van der Waals surface area contributed by atoms with Gasteiger partial charge in [-0.3, -0.25) is 0 Å². The minimum Gasteiger partial charge on any atom is -0.493 e. The van der Waals surface area contributed by atoms with Gasteiger partial charge in [-0.25, -0.2) is 18.6 Å². The summed E-state index contributed by atoms with van der Waals surface area (Å²) >= 11 is 0. The van der Waals surface area contributed by atoms with Crippen molar-refractivity contribution in [3.63, 3.8) is 0 Å². The van der Waals surface area contributed by atoms with E-state index in [9.17, 15) is 13.6 Å². The molecule has 0 fully saturated rings. The molecular formula is C13H9F2NO4. The molecule has 0 saturated heterocycles. The third kappa shape index (κ3) is 2.01. The number of ether oxygens (including phenoxy) is 1. The van der Waals surface area contributed by atoms with Crippen LogP contribution in [0.3, 0.4) is 0 Å². The fourth-order valence-electron chi connectivity index (χ4n) is 2.08. The van der Waals surface area contributed by atoms with Gasteiger partial charge in [0.05, 0.1) is 6.61 Å². The smallest absolute Gasteiger partial charge is 0.374 e. The zero-order valence-electron chi connectivity index (χ0n) is 10.1. The molecule has 0 atom stereocenters. The molecule has 0 radical (unpaired) electrons. The standard InChI is InChI=1S/C13H9F2NO4/c14-11(15)9-10(13(17)18)20-12(16-9)7-1-2-8-6(5-7)3-4-19-8/h1-2,5,11H,3-4H2,(H,17,18). The average Bonchev–Trinajstić information content (AvgIpc) is 3.04. The summed E-state index contributed by atoms with van der Waals surface area (Å²) in [7, 11) is 0. The number of aromatic nitrogens is 1. The Balaban J connectivity index is 2.06. The van der Waals surface area contributed by atoms with Crippen molar-refractivity contribution in [3.8, 4) is 17.2 Å². The van der Waals surface area contributed by atoms with Crippen LogP contribution in [0.1, 0.15) is 28.2 Å². The minimum atomic E-state index is -3.00. The van der Waals surface area contributed by atoms with Crippen molar-refractivity contribution in [2.24, 2.45) is 0 Å². The maximum Gasteiger partial charge on any atom is 0.374 e. The summed E-state index contributed by atoms with van der Waals surface area (Å²) in [5.74, 6) is -1.80. The molecule has 0 unspecified atom stereocenters. The lowest BCUT2D eigenvalue weighted by atomic mass is 10.1. The van der Waals surface area contributed by atoms with Gasteiger partial charge in [-0.1, -0.05) is 0 Å². The van der Waals surface area contributed by atoms with E-state index in [0.29, 0.717) is 18.6 Å². The fraction of sp³-hybridized carbons (Fsp3) is 0.231. The van der Waals surface area contributed by atoms with Gasteiger partial charge in [-0.05, 0) is 23.8 Å². The van der Waals surface area contributed by atoms with Crippen LogP contribution < -0.4 is 4.74 Å². The second-order valence-electron chi connectivity index (χ2n) is 4.26. The first-order chi connectivity index (χ1) is 9.56. The number of fused-ring (bicyclic) bond motifs is 1. The molecular weight excluding hydrogens is 272 g/mol. The molecule has 20 heavy (non-hydrogen) atoms. The van der Waals surface area contributed by atoms with Crippen molar-refractivity contribution in [2.75, 3.05) is 6.61 Å². The highest BCUT2D eigenvalue weighted by Gasteiger charge is 2.27. The van der Waals surface area contributed by atoms with Gasteiger partial charge >= 0.3 is 5.97 Å². The van der Waals surface area contributed by atoms with E-state index in [0.717, 1.165) is 11.3 Å². The van der Waals surface area contributed by atoms with Crippen LogP contribution in [0, 0.1) is 0 Å². The highest BCUT2D eigenvalue weighted by Crippen LogP contribution is 2.32. The Bertz CT molecular complexity index is 681. The average molecular weight is 281 g/mol. The molecule has 0 aliphatic carbocycles. The van der Waals surface area contributed by atoms with E-state index in [1.807, 2.05) is 0 Å². The van der Waals surface area contributed by atoms with E-state index >= 15 is 0 Å². The van der Waals surface area contributed by atoms with Crippen LogP contribution in [-0.2, 0) is 6.42 Å². The number of rotatable bonds is 3. The van der Waals surface area contributed by atoms with Crippen LogP contribution in [0.25, 0.3) is 11.5 Å². The fourth-order valence-corrected chi connectivity index (χ4v) is 2.08. The highest BCUT2D eigenvalue weighted by atomic mass is 19.3. The van der Waals surface area contributed by atoms with Crippen molar-refractivity contribution >= 4 is 5.97 Å². The highest BCUT2D eigenvalue weighted by molar-refractivity contribution is 5.86. The van der Waals surface area contributed by atoms with Gasteiger partial charge in [-0.15, -0.1) is 0 Å². The number of benzene rings is 1. The Morgan fingerprint density at radius 1 is 1.40 bits per heavy atom. The van der Waals surface area contributed by atoms with Gasteiger partial charge in [-0.2, -0.15) is 0 Å². The van der Waals surface area contributed by atoms with Gasteiger partial charge in [0.25, 0.3) is 6.43 Å². The van der Waals surface area contributed by atoms with E-state index in [1.54, 1.807) is 18.2 Å². The summed E-state index contributed by atoms with van der Waals surface area (Å²) < 4.78 is 35.7. The summed E-state index contributed by atoms with van der Waals surface area (Å²) in [4.78, 5) is 14.5. The predicted molar refractivity (Wildman–Crippen MR) is 63.1 cm³/mol. The molecule has 0 spiro atoms. The molecule has 1 N–H and O–H groups in total. The lowest BCUT2D eigenvalue weighted by Crippen LogP contribution is -1.99. The van der Waals surface area contributed by atoms with Crippen LogP contribution in [0.4, 0.5) is 8.78 Å². The monoisotopic (exact) mass is 281 g/mol. The molecule has 7 heteroatoms. The molecule has 2 aromatic rings. The Kier molecular flexibility index (Phi) is 2.89. The molecule has 0 amide bonds. The van der Waals surface area contributed by atoms with Crippen LogP contribution in [0.5, 0.6) is 5.75 Å². The van der Waals surface area contributed by atoms with E-state index in [2.05, 4.69) is 4.98 Å². The first-order valence-corrected chi connectivity index (χ1v) is 5.84. The van der Waals surface area contributed by atoms with E-state index in [4.69, 9.17) is 14.3 Å². The molecule has 0 saturated carbocycles. The third-order valence-corrected chi connectivity index (χ3v) is 2.99. The number of halogens is 2. The number of nitrogens with zero attached hydrogens (tertiary/aromatic N) is 1. The number of hydrogen-bond donors (Lipinski definition) is 1. The zero-order valence-corrected chi connectivity index (χ0v) is 10.1. The number of carboxylic acid groups (broad SMARTS) is 1. The predicted octanol–water partition coefficient (Wildman–Crippen LogP) is 2.91. The van der Waals surface area contributed by atoms with Gasteiger partial charge in [0.2, 0.25) is 11.7 Å². The molecule has 1 aromatic heterocycles. The second-order valence-corrected chi connectivity index (χ2v) is 4.26. The van der Waals surface area contributed by atoms with Crippen molar-refractivity contribution in [2.45, 2.75) is 12.8 Å². The van der Waals surface area contributed by atoms with Gasteiger partial charge < -0.3 is 14.3 Å². The topological polar surface area (TPSA) is 72.6 Å². The van der Waals surface area contributed by atoms with Gasteiger partial charge in [0, 0.05) is 12.0 Å². The Hall–Kier alpha value is -2.44. The molecule has 5 nitrogen and oxygen atoms in total. The van der Waals surface area contributed by atoms with Crippen LogP contribution in [0.15, 0.2) is 22.6 Å². The maximum atomic E-state index is 12.7. The summed E-state index contributed by atoms with van der Waals surface area (Å²) in [6, 6.07) is 4.98. The lowest BCUT2D eigenvalue weighted by Gasteiger charge is -2.00. The normalized spacial score (nSPS) is 13.3. The van der Waals surface area contributed by atoms with Crippen LogP contribution in [0.2, 0.25) is 0 Å². The first-order valence-electron chi connectivity index (χ1n) is 5.84. The molecule has 2 heterocycles. The number of hydrogen-bond acceptors (Lipinski definition) is 4. The largest absolute Gasteiger partial charge is 0.493 e. The Morgan fingerprint density at radius 3 is 2.85 bits per heavy atom. The number of carbonyl (C=O) groups is 1. The summed E-state index contributed by atoms with van der Waals surface area (Å²) in [6.07, 6.45) is -2.30. The lowest BCUT2D eigenvalue weighted by molar-refractivity contribution is 0.0647. The SMILES string of the molecule is O=C(O)c1oc(-c2ccc3c(c2)CCO3)nc1C(F)F. The molecule has 1 aliphatic rings. The Labute approximate surface area is 111 Å². The number of carboxylic acids is 1. The quantitative estimate of drug-likeness (QED) is 0.936. The van der Waals surface area contributed by atoms with E-state index in [1.165, 1.54) is 0 Å². The summed E-state index contributed by atoms with van der Waals surface area (Å²) in [6.45, 7) is 0.563. The van der Waals surface area contributed by atoms with Crippen molar-refractivity contribution in [1.82, 2.24) is 4.98 Å². The summed E-state index contributed by atoms with van der Waals surface area (Å²) in [5.41, 5.74) is 0.504. The van der Waals surface area contributed by atoms with E-state index in [-0.39, 0.29) is 5.89 Å². The third-order valence-electron chi connectivity index (χ3n) is 2.99. The minimum absolute atomic E-state index is 0.132. The maximum absolute atomic E-state index is 12.7. The molecule has 0 bridgehead atoms. The van der Waals surface area contributed by atoms with Crippen molar-refractivity contribution in [3.05, 3.63) is 35.2 Å². The molecule has 3 rings (SSSR count). The van der Waals surface area contributed by atoms with Crippen LogP contribution in [-0.4, -0.2) is 22.7 Å². The van der Waals surface area contributed by atoms with E-state index < -0.39 is 23.8 Å². The molecule has 1 aliphatic heterocycles. The van der Waals surface area contributed by atoms with Crippen molar-refractivity contribution < 1.29 is 27.8 Å². The Morgan fingerprint density at radius 2 is 2.20 bits per heavy atom. The van der Waals surface area contributed by atoms with Gasteiger partial charge in [0.15, 0.2) is 5.69 Å². The number of aromatic carboxylic acids is 1. The number of oxazole rings is 1. The number of alkyl halides is 2. The first kappa shape index (κ1) is 12.6. The van der Waals surface area contributed by atoms with Crippen molar-refractivity contribution in [1.29, 1.82) is 0 Å². The molecule has 104 valence electrons. The zero-order chi connectivity index (χ0) is 14.3. The second kappa shape index (κ2) is 4.59. The van der Waals surface area contributed by atoms with Gasteiger partial charge in [0.1, 0.15) is 5.75 Å².